The predicted octanol–water partition coefficient (Wildman–Crippen LogP) is 0.647. The lowest BCUT2D eigenvalue weighted by atomic mass is 10.1. The molecule has 0 radical (unpaired) electrons. The number of hydrogen-bond acceptors (Lipinski definition) is 4. The van der Waals surface area contributed by atoms with Crippen LogP contribution in [0.5, 0.6) is 0 Å². The van der Waals surface area contributed by atoms with Gasteiger partial charge in [-0.2, -0.15) is 0 Å². The van der Waals surface area contributed by atoms with Crippen molar-refractivity contribution < 1.29 is 19.4 Å². The SMILES string of the molecule is C#C/C=C/C[C@H]1O[C@@H](CO)C[C@H]1OC(C)=O. The zero-order valence-corrected chi connectivity index (χ0v) is 9.26. The topological polar surface area (TPSA) is 55.8 Å². The number of carbonyl (C=O) groups excluding carboxylic acids is 1. The minimum absolute atomic E-state index is 0.0624. The van der Waals surface area contributed by atoms with Gasteiger partial charge in [0.15, 0.2) is 0 Å². The van der Waals surface area contributed by atoms with Gasteiger partial charge in [0.05, 0.1) is 18.8 Å². The normalized spacial score (nSPS) is 29.2. The van der Waals surface area contributed by atoms with Gasteiger partial charge in [-0.05, 0) is 12.5 Å². The highest BCUT2D eigenvalue weighted by Gasteiger charge is 2.36. The number of rotatable bonds is 4. The Labute approximate surface area is 95.2 Å². The van der Waals surface area contributed by atoms with Crippen molar-refractivity contribution in [3.63, 3.8) is 0 Å². The van der Waals surface area contributed by atoms with Gasteiger partial charge >= 0.3 is 5.97 Å². The van der Waals surface area contributed by atoms with E-state index in [0.717, 1.165) is 0 Å². The third kappa shape index (κ3) is 3.69. The first-order chi connectivity index (χ1) is 7.67. The molecule has 0 aromatic heterocycles. The number of aliphatic hydroxyl groups excluding tert-OH is 1. The molecule has 1 fully saturated rings. The maximum absolute atomic E-state index is 10.9. The smallest absolute Gasteiger partial charge is 0.302 e. The summed E-state index contributed by atoms with van der Waals surface area (Å²) < 4.78 is 10.6. The first-order valence-corrected chi connectivity index (χ1v) is 5.22. The first-order valence-electron chi connectivity index (χ1n) is 5.22. The molecule has 4 nitrogen and oxygen atoms in total. The van der Waals surface area contributed by atoms with Gasteiger partial charge in [-0.1, -0.05) is 12.0 Å². The molecule has 0 saturated carbocycles. The maximum atomic E-state index is 10.9. The van der Waals surface area contributed by atoms with Crippen LogP contribution in [0.2, 0.25) is 0 Å². The summed E-state index contributed by atoms with van der Waals surface area (Å²) in [6, 6.07) is 0. The van der Waals surface area contributed by atoms with Crippen molar-refractivity contribution in [2.45, 2.75) is 38.1 Å². The summed E-state index contributed by atoms with van der Waals surface area (Å²) in [7, 11) is 0. The van der Waals surface area contributed by atoms with Crippen LogP contribution in [0.25, 0.3) is 0 Å². The molecule has 1 saturated heterocycles. The summed E-state index contributed by atoms with van der Waals surface area (Å²) in [6.07, 6.45) is 8.80. The molecule has 1 N–H and O–H groups in total. The average molecular weight is 224 g/mol. The molecule has 0 aromatic carbocycles. The lowest BCUT2D eigenvalue weighted by Crippen LogP contribution is -2.25. The molecule has 1 aliphatic rings. The van der Waals surface area contributed by atoms with Crippen molar-refractivity contribution in [3.8, 4) is 12.3 Å². The standard InChI is InChI=1S/C12H16O4/c1-3-4-5-6-11-12(15-9(2)14)7-10(8-13)16-11/h1,4-5,10-13H,6-8H2,2H3/b5-4+/t10-,11-,12-/m1/s1. The van der Waals surface area contributed by atoms with Crippen molar-refractivity contribution in [1.29, 1.82) is 0 Å². The molecule has 4 heteroatoms. The number of hydrogen-bond donors (Lipinski definition) is 1. The Hall–Kier alpha value is -1.31. The van der Waals surface area contributed by atoms with Crippen LogP contribution in [0.1, 0.15) is 19.8 Å². The van der Waals surface area contributed by atoms with Gasteiger partial charge in [-0.3, -0.25) is 4.79 Å². The molecule has 16 heavy (non-hydrogen) atoms. The molecule has 0 bridgehead atoms. The van der Waals surface area contributed by atoms with Crippen molar-refractivity contribution in [1.82, 2.24) is 0 Å². The molecule has 0 aromatic rings. The van der Waals surface area contributed by atoms with Crippen molar-refractivity contribution in [3.05, 3.63) is 12.2 Å². The van der Waals surface area contributed by atoms with E-state index in [1.54, 1.807) is 12.2 Å². The van der Waals surface area contributed by atoms with Gasteiger partial charge < -0.3 is 14.6 Å². The third-order valence-electron chi connectivity index (χ3n) is 2.38. The molecule has 0 amide bonds. The van der Waals surface area contributed by atoms with Crippen LogP contribution in [0.4, 0.5) is 0 Å². The maximum Gasteiger partial charge on any atom is 0.302 e. The Morgan fingerprint density at radius 1 is 1.75 bits per heavy atom. The van der Waals surface area contributed by atoms with E-state index < -0.39 is 0 Å². The van der Waals surface area contributed by atoms with Gasteiger partial charge in [0.25, 0.3) is 0 Å². The van der Waals surface area contributed by atoms with Crippen LogP contribution in [0, 0.1) is 12.3 Å². The van der Waals surface area contributed by atoms with Crippen molar-refractivity contribution in [2.24, 2.45) is 0 Å². The van der Waals surface area contributed by atoms with E-state index in [9.17, 15) is 4.79 Å². The number of terminal acetylenes is 1. The summed E-state index contributed by atoms with van der Waals surface area (Å²) in [6.45, 7) is 1.30. The highest BCUT2D eigenvalue weighted by atomic mass is 16.6. The fourth-order valence-corrected chi connectivity index (χ4v) is 1.73. The summed E-state index contributed by atoms with van der Waals surface area (Å²) in [5.74, 6) is 2.04. The molecule has 1 heterocycles. The second kappa shape index (κ2) is 6.31. The third-order valence-corrected chi connectivity index (χ3v) is 2.38. The summed E-state index contributed by atoms with van der Waals surface area (Å²) in [5.41, 5.74) is 0. The Balaban J connectivity index is 2.53. The summed E-state index contributed by atoms with van der Waals surface area (Å²) in [4.78, 5) is 10.9. The lowest BCUT2D eigenvalue weighted by Gasteiger charge is -2.16. The monoisotopic (exact) mass is 224 g/mol. The molecule has 88 valence electrons. The number of esters is 1. The number of aliphatic hydroxyl groups is 1. The second-order valence-corrected chi connectivity index (χ2v) is 3.67. The van der Waals surface area contributed by atoms with Crippen LogP contribution in [0.15, 0.2) is 12.2 Å². The van der Waals surface area contributed by atoms with E-state index in [1.165, 1.54) is 6.92 Å². The van der Waals surface area contributed by atoms with Crippen LogP contribution < -0.4 is 0 Å². The number of allylic oxidation sites excluding steroid dienone is 1. The second-order valence-electron chi connectivity index (χ2n) is 3.67. The minimum atomic E-state index is -0.335. The minimum Gasteiger partial charge on any atom is -0.460 e. The molecule has 1 rings (SSSR count). The van der Waals surface area contributed by atoms with Crippen molar-refractivity contribution in [2.75, 3.05) is 6.61 Å². The molecule has 0 spiro atoms. The van der Waals surface area contributed by atoms with Crippen LogP contribution in [0.3, 0.4) is 0 Å². The molecular weight excluding hydrogens is 208 g/mol. The van der Waals surface area contributed by atoms with Gasteiger partial charge in [0, 0.05) is 13.3 Å². The highest BCUT2D eigenvalue weighted by molar-refractivity contribution is 5.66. The molecule has 0 aliphatic carbocycles. The van der Waals surface area contributed by atoms with Crippen LogP contribution in [-0.4, -0.2) is 36.0 Å². The average Bonchev–Trinajstić information content (AvgIpc) is 2.60. The summed E-state index contributed by atoms with van der Waals surface area (Å²) in [5, 5.41) is 8.99. The van der Waals surface area contributed by atoms with E-state index in [2.05, 4.69) is 5.92 Å². The Morgan fingerprint density at radius 3 is 3.06 bits per heavy atom. The quantitative estimate of drug-likeness (QED) is 0.562. The van der Waals surface area contributed by atoms with Crippen LogP contribution in [-0.2, 0) is 14.3 Å². The van der Waals surface area contributed by atoms with E-state index in [0.29, 0.717) is 12.8 Å². The van der Waals surface area contributed by atoms with Gasteiger partial charge in [0.2, 0.25) is 0 Å². The Kier molecular flexibility index (Phi) is 5.03. The van der Waals surface area contributed by atoms with Crippen molar-refractivity contribution >= 4 is 5.97 Å². The Bertz CT molecular complexity index is 303. The highest BCUT2D eigenvalue weighted by Crippen LogP contribution is 2.25. The number of carbonyl (C=O) groups is 1. The fourth-order valence-electron chi connectivity index (χ4n) is 1.73. The lowest BCUT2D eigenvalue weighted by molar-refractivity contribution is -0.149. The van der Waals surface area contributed by atoms with E-state index >= 15 is 0 Å². The molecule has 3 atom stereocenters. The largest absolute Gasteiger partial charge is 0.460 e. The zero-order valence-electron chi connectivity index (χ0n) is 9.26. The van der Waals surface area contributed by atoms with E-state index in [1.807, 2.05) is 0 Å². The van der Waals surface area contributed by atoms with Gasteiger partial charge in [0.1, 0.15) is 6.10 Å². The van der Waals surface area contributed by atoms with E-state index in [4.69, 9.17) is 21.0 Å². The zero-order chi connectivity index (χ0) is 12.0. The molecule has 1 aliphatic heterocycles. The summed E-state index contributed by atoms with van der Waals surface area (Å²) >= 11 is 0. The predicted molar refractivity (Wildman–Crippen MR) is 58.5 cm³/mol. The van der Waals surface area contributed by atoms with E-state index in [-0.39, 0.29) is 30.9 Å². The first kappa shape index (κ1) is 12.8. The van der Waals surface area contributed by atoms with Crippen LogP contribution >= 0.6 is 0 Å². The molecular formula is C12H16O4. The number of ether oxygens (including phenoxy) is 2. The Morgan fingerprint density at radius 2 is 2.50 bits per heavy atom. The fraction of sp³-hybridized carbons (Fsp3) is 0.583. The van der Waals surface area contributed by atoms with Gasteiger partial charge in [-0.25, -0.2) is 0 Å². The van der Waals surface area contributed by atoms with Gasteiger partial charge in [-0.15, -0.1) is 6.42 Å². The molecule has 0 unspecified atom stereocenters.